The van der Waals surface area contributed by atoms with Crippen LogP contribution in [-0.2, 0) is 6.54 Å². The number of hydrogen-bond acceptors (Lipinski definition) is 1. The molecule has 1 aromatic carbocycles. The Kier molecular flexibility index (Phi) is 4.25. The van der Waals surface area contributed by atoms with E-state index in [0.717, 1.165) is 14.7 Å². The molecule has 90 valence electrons. The largest absolute Gasteiger partial charge is 0.266 e. The van der Waals surface area contributed by atoms with Crippen LogP contribution >= 0.6 is 38.5 Å². The molecule has 17 heavy (non-hydrogen) atoms. The van der Waals surface area contributed by atoms with Crippen molar-refractivity contribution < 1.29 is 0 Å². The highest BCUT2D eigenvalue weighted by molar-refractivity contribution is 14.1. The molecule has 0 bridgehead atoms. The summed E-state index contributed by atoms with van der Waals surface area (Å²) in [6, 6.07) is 8.75. The molecule has 4 heteroatoms. The number of aromatic nitrogens is 2. The molecule has 0 aliphatic heterocycles. The van der Waals surface area contributed by atoms with Gasteiger partial charge in [-0.25, -0.2) is 0 Å². The fraction of sp³-hybridized carbons (Fsp3) is 0.308. The molecule has 0 spiro atoms. The van der Waals surface area contributed by atoms with Gasteiger partial charge in [-0.15, -0.1) is 0 Å². The van der Waals surface area contributed by atoms with Crippen molar-refractivity contribution in [1.29, 1.82) is 0 Å². The van der Waals surface area contributed by atoms with Crippen LogP contribution in [0.2, 0.25) is 0 Å². The van der Waals surface area contributed by atoms with E-state index in [2.05, 4.69) is 81.7 Å². The van der Waals surface area contributed by atoms with E-state index >= 15 is 0 Å². The van der Waals surface area contributed by atoms with Crippen LogP contribution in [0.25, 0.3) is 0 Å². The second-order valence-electron chi connectivity index (χ2n) is 4.36. The van der Waals surface area contributed by atoms with Crippen LogP contribution in [0, 0.1) is 3.70 Å². The quantitative estimate of drug-likeness (QED) is 0.692. The smallest absolute Gasteiger partial charge is 0.137 e. The van der Waals surface area contributed by atoms with Crippen LogP contribution in [0.3, 0.4) is 0 Å². The molecule has 0 radical (unpaired) electrons. The maximum Gasteiger partial charge on any atom is 0.137 e. The first kappa shape index (κ1) is 13.1. The average Bonchev–Trinajstić information content (AvgIpc) is 2.58. The Morgan fingerprint density at radius 2 is 1.94 bits per heavy atom. The van der Waals surface area contributed by atoms with E-state index in [1.54, 1.807) is 0 Å². The minimum atomic E-state index is 0.587. The minimum Gasteiger partial charge on any atom is -0.266 e. The fourth-order valence-corrected chi connectivity index (χ4v) is 2.38. The van der Waals surface area contributed by atoms with Crippen molar-refractivity contribution in [1.82, 2.24) is 9.78 Å². The van der Waals surface area contributed by atoms with Gasteiger partial charge in [0.15, 0.2) is 0 Å². The number of nitrogens with zero attached hydrogens (tertiary/aromatic N) is 2. The van der Waals surface area contributed by atoms with Crippen LogP contribution in [0.15, 0.2) is 34.9 Å². The fourth-order valence-electron chi connectivity index (χ4n) is 1.65. The molecular formula is C13H14BrIN2. The first-order chi connectivity index (χ1) is 8.06. The van der Waals surface area contributed by atoms with Gasteiger partial charge in [-0.3, -0.25) is 4.68 Å². The molecule has 0 saturated carbocycles. The molecule has 2 rings (SSSR count). The second kappa shape index (κ2) is 5.52. The molecule has 1 aromatic heterocycles. The van der Waals surface area contributed by atoms with E-state index in [-0.39, 0.29) is 0 Å². The highest BCUT2D eigenvalue weighted by Gasteiger charge is 2.04. The summed E-state index contributed by atoms with van der Waals surface area (Å²) in [7, 11) is 0. The number of rotatable bonds is 3. The molecule has 0 saturated heterocycles. The number of halogens is 2. The summed E-state index contributed by atoms with van der Waals surface area (Å²) in [6.07, 6.45) is 2.01. The van der Waals surface area contributed by atoms with E-state index in [4.69, 9.17) is 0 Å². The Bertz CT molecular complexity index is 483. The Morgan fingerprint density at radius 3 is 2.41 bits per heavy atom. The lowest BCUT2D eigenvalue weighted by Gasteiger charge is -2.07. The van der Waals surface area contributed by atoms with Gasteiger partial charge in [-0.05, 0) is 55.6 Å². The summed E-state index contributed by atoms with van der Waals surface area (Å²) in [6.45, 7) is 5.24. The van der Waals surface area contributed by atoms with Gasteiger partial charge in [0.25, 0.3) is 0 Å². The highest BCUT2D eigenvalue weighted by Crippen LogP contribution is 2.18. The molecule has 0 N–H and O–H groups in total. The van der Waals surface area contributed by atoms with E-state index < -0.39 is 0 Å². The highest BCUT2D eigenvalue weighted by atomic mass is 127. The van der Waals surface area contributed by atoms with E-state index in [0.29, 0.717) is 5.92 Å². The minimum absolute atomic E-state index is 0.587. The first-order valence-corrected chi connectivity index (χ1v) is 7.40. The third-order valence-electron chi connectivity index (χ3n) is 2.67. The average molecular weight is 405 g/mol. The van der Waals surface area contributed by atoms with Crippen molar-refractivity contribution in [2.75, 3.05) is 0 Å². The summed E-state index contributed by atoms with van der Waals surface area (Å²) in [5, 5.41) is 4.42. The van der Waals surface area contributed by atoms with Gasteiger partial charge >= 0.3 is 0 Å². The summed E-state index contributed by atoms with van der Waals surface area (Å²) in [4.78, 5) is 0. The molecule has 0 aliphatic carbocycles. The van der Waals surface area contributed by atoms with Crippen LogP contribution in [0.1, 0.15) is 30.9 Å². The van der Waals surface area contributed by atoms with Crippen LogP contribution in [0.4, 0.5) is 0 Å². The molecule has 0 atom stereocenters. The molecular weight excluding hydrogens is 391 g/mol. The summed E-state index contributed by atoms with van der Waals surface area (Å²) >= 11 is 5.69. The lowest BCUT2D eigenvalue weighted by Crippen LogP contribution is -2.00. The topological polar surface area (TPSA) is 17.8 Å². The summed E-state index contributed by atoms with van der Waals surface area (Å²) in [5.74, 6) is 0.587. The molecule has 2 nitrogen and oxygen atoms in total. The van der Waals surface area contributed by atoms with E-state index in [9.17, 15) is 0 Å². The first-order valence-electron chi connectivity index (χ1n) is 5.53. The molecule has 0 unspecified atom stereocenters. The van der Waals surface area contributed by atoms with Crippen molar-refractivity contribution in [3.8, 4) is 0 Å². The summed E-state index contributed by atoms with van der Waals surface area (Å²) < 4.78 is 4.01. The lowest BCUT2D eigenvalue weighted by atomic mass is 10.0. The van der Waals surface area contributed by atoms with Crippen molar-refractivity contribution >= 4 is 38.5 Å². The predicted octanol–water partition coefficient (Wildman–Crippen LogP) is 4.42. The molecule has 1 heterocycles. The van der Waals surface area contributed by atoms with Crippen LogP contribution in [-0.4, -0.2) is 9.78 Å². The normalized spacial score (nSPS) is 11.1. The standard InChI is InChI=1S/C13H14BrIN2/c1-9(2)11-5-3-10(4-6-11)7-17-8-12(14)13(15)16-17/h3-6,8-9H,7H2,1-2H3. The Hall–Kier alpha value is -0.360. The Balaban J connectivity index is 2.13. The zero-order valence-electron chi connectivity index (χ0n) is 9.82. The lowest BCUT2D eigenvalue weighted by molar-refractivity contribution is 0.680. The van der Waals surface area contributed by atoms with Crippen LogP contribution in [0.5, 0.6) is 0 Å². The third-order valence-corrected chi connectivity index (χ3v) is 4.79. The van der Waals surface area contributed by atoms with Crippen molar-refractivity contribution in [2.45, 2.75) is 26.3 Å². The third kappa shape index (κ3) is 3.31. The zero-order chi connectivity index (χ0) is 12.4. The monoisotopic (exact) mass is 404 g/mol. The van der Waals surface area contributed by atoms with Gasteiger partial charge in [0, 0.05) is 6.20 Å². The second-order valence-corrected chi connectivity index (χ2v) is 6.24. The number of hydrogen-bond donors (Lipinski definition) is 0. The van der Waals surface area contributed by atoms with Gasteiger partial charge in [-0.2, -0.15) is 5.10 Å². The van der Waals surface area contributed by atoms with Crippen LogP contribution < -0.4 is 0 Å². The van der Waals surface area contributed by atoms with E-state index in [1.165, 1.54) is 11.1 Å². The van der Waals surface area contributed by atoms with Gasteiger partial charge in [0.05, 0.1) is 11.0 Å². The van der Waals surface area contributed by atoms with Gasteiger partial charge in [0.1, 0.15) is 3.70 Å². The molecule has 0 amide bonds. The van der Waals surface area contributed by atoms with Gasteiger partial charge in [0.2, 0.25) is 0 Å². The maximum atomic E-state index is 4.42. The molecule has 2 aromatic rings. The van der Waals surface area contributed by atoms with Gasteiger partial charge < -0.3 is 0 Å². The van der Waals surface area contributed by atoms with Gasteiger partial charge in [-0.1, -0.05) is 38.1 Å². The molecule has 0 fully saturated rings. The summed E-state index contributed by atoms with van der Waals surface area (Å²) in [5.41, 5.74) is 2.66. The van der Waals surface area contributed by atoms with Crippen molar-refractivity contribution in [3.05, 3.63) is 49.8 Å². The van der Waals surface area contributed by atoms with Crippen molar-refractivity contribution in [3.63, 3.8) is 0 Å². The van der Waals surface area contributed by atoms with E-state index in [1.807, 2.05) is 10.9 Å². The van der Waals surface area contributed by atoms with Crippen molar-refractivity contribution in [2.24, 2.45) is 0 Å². The molecule has 0 aliphatic rings. The SMILES string of the molecule is CC(C)c1ccc(Cn2cc(Br)c(I)n2)cc1. The maximum absolute atomic E-state index is 4.42. The predicted molar refractivity (Wildman–Crippen MR) is 82.3 cm³/mol. The Labute approximate surface area is 124 Å². The number of benzene rings is 1. The zero-order valence-corrected chi connectivity index (χ0v) is 13.6. The Morgan fingerprint density at radius 1 is 1.29 bits per heavy atom.